The topological polar surface area (TPSA) is 95.5 Å². The summed E-state index contributed by atoms with van der Waals surface area (Å²) in [5, 5.41) is 3.97. The number of ether oxygens (including phenoxy) is 4. The van der Waals surface area contributed by atoms with Crippen LogP contribution in [0.3, 0.4) is 0 Å². The fraction of sp³-hybridized carbons (Fsp3) is 0.115. The molecular weight excluding hydrogens is 436 g/mol. The van der Waals surface area contributed by atoms with Gasteiger partial charge in [-0.25, -0.2) is 10.2 Å². The van der Waals surface area contributed by atoms with E-state index in [-0.39, 0.29) is 5.56 Å². The van der Waals surface area contributed by atoms with Gasteiger partial charge in [0.2, 0.25) is 5.75 Å². The van der Waals surface area contributed by atoms with Crippen LogP contribution in [0.25, 0.3) is 6.08 Å². The van der Waals surface area contributed by atoms with Gasteiger partial charge in [-0.3, -0.25) is 4.79 Å². The monoisotopic (exact) mass is 460 g/mol. The van der Waals surface area contributed by atoms with E-state index in [2.05, 4.69) is 10.5 Å². The number of carbonyl (C=O) groups excluding carboxylic acids is 2. The van der Waals surface area contributed by atoms with Crippen LogP contribution in [-0.4, -0.2) is 39.4 Å². The molecule has 8 heteroatoms. The second kappa shape index (κ2) is 11.9. The lowest BCUT2D eigenvalue weighted by Crippen LogP contribution is -2.18. The maximum absolute atomic E-state index is 12.5. The number of nitrogens with zero attached hydrogens (tertiary/aromatic N) is 1. The molecule has 1 amide bonds. The van der Waals surface area contributed by atoms with E-state index in [1.54, 1.807) is 30.3 Å². The molecule has 3 rings (SSSR count). The zero-order valence-corrected chi connectivity index (χ0v) is 19.0. The van der Waals surface area contributed by atoms with Crippen LogP contribution in [0.1, 0.15) is 21.5 Å². The quantitative estimate of drug-likeness (QED) is 0.170. The van der Waals surface area contributed by atoms with Gasteiger partial charge in [-0.1, -0.05) is 30.3 Å². The molecule has 0 saturated heterocycles. The van der Waals surface area contributed by atoms with E-state index in [0.29, 0.717) is 28.6 Å². The molecule has 0 bridgehead atoms. The minimum Gasteiger partial charge on any atom is -0.493 e. The number of hydrogen-bond donors (Lipinski definition) is 1. The van der Waals surface area contributed by atoms with Crippen molar-refractivity contribution in [3.8, 4) is 23.0 Å². The number of rotatable bonds is 9. The summed E-state index contributed by atoms with van der Waals surface area (Å²) in [6.45, 7) is 0. The van der Waals surface area contributed by atoms with Crippen molar-refractivity contribution in [2.45, 2.75) is 0 Å². The summed E-state index contributed by atoms with van der Waals surface area (Å²) < 4.78 is 21.0. The minimum atomic E-state index is -0.483. The molecule has 0 unspecified atom stereocenters. The van der Waals surface area contributed by atoms with Crippen molar-refractivity contribution in [2.75, 3.05) is 21.3 Å². The molecule has 174 valence electrons. The average Bonchev–Trinajstić information content (AvgIpc) is 2.88. The Labute approximate surface area is 197 Å². The number of hydrazone groups is 1. The molecule has 3 aromatic carbocycles. The van der Waals surface area contributed by atoms with Crippen LogP contribution in [0, 0.1) is 0 Å². The van der Waals surface area contributed by atoms with E-state index in [1.165, 1.54) is 45.8 Å². The van der Waals surface area contributed by atoms with Crippen LogP contribution < -0.4 is 24.4 Å². The molecule has 0 saturated carbocycles. The molecule has 0 radical (unpaired) electrons. The zero-order chi connectivity index (χ0) is 24.3. The van der Waals surface area contributed by atoms with Gasteiger partial charge >= 0.3 is 5.97 Å². The number of amides is 1. The van der Waals surface area contributed by atoms with E-state index in [4.69, 9.17) is 18.9 Å². The third kappa shape index (κ3) is 6.46. The Morgan fingerprint density at radius 2 is 1.47 bits per heavy atom. The van der Waals surface area contributed by atoms with Crippen molar-refractivity contribution < 1.29 is 28.5 Å². The molecule has 34 heavy (non-hydrogen) atoms. The van der Waals surface area contributed by atoms with Gasteiger partial charge in [0.15, 0.2) is 11.5 Å². The Morgan fingerprint density at radius 1 is 0.824 bits per heavy atom. The predicted molar refractivity (Wildman–Crippen MR) is 129 cm³/mol. The van der Waals surface area contributed by atoms with Crippen molar-refractivity contribution in [3.05, 3.63) is 89.5 Å². The van der Waals surface area contributed by atoms with Gasteiger partial charge in [0.05, 0.1) is 27.5 Å². The second-order valence-electron chi connectivity index (χ2n) is 6.85. The Hall–Kier alpha value is -4.59. The molecule has 1 N–H and O–H groups in total. The van der Waals surface area contributed by atoms with Gasteiger partial charge in [0.25, 0.3) is 5.91 Å². The van der Waals surface area contributed by atoms with Crippen LogP contribution in [0.15, 0.2) is 77.9 Å². The van der Waals surface area contributed by atoms with Gasteiger partial charge in [-0.05, 0) is 53.6 Å². The first kappa shape index (κ1) is 24.1. The zero-order valence-electron chi connectivity index (χ0n) is 19.0. The lowest BCUT2D eigenvalue weighted by atomic mass is 10.1. The molecule has 0 atom stereocenters. The largest absolute Gasteiger partial charge is 0.493 e. The van der Waals surface area contributed by atoms with Crippen molar-refractivity contribution in [1.82, 2.24) is 5.43 Å². The van der Waals surface area contributed by atoms with Gasteiger partial charge in [0, 0.05) is 11.6 Å². The minimum absolute atomic E-state index is 0.289. The number of carbonyl (C=O) groups is 2. The summed E-state index contributed by atoms with van der Waals surface area (Å²) in [7, 11) is 4.42. The SMILES string of the molecule is COc1cc(C(=O)NN=Cc2ccc(OC(=O)C=Cc3ccccc3)cc2)cc(OC)c1OC. The summed E-state index contributed by atoms with van der Waals surface area (Å²) in [6, 6.07) is 19.2. The molecule has 0 aliphatic rings. The summed E-state index contributed by atoms with van der Waals surface area (Å²) in [4.78, 5) is 24.4. The summed E-state index contributed by atoms with van der Waals surface area (Å²) in [5.74, 6) is 0.566. The molecule has 0 aromatic heterocycles. The summed E-state index contributed by atoms with van der Waals surface area (Å²) in [6.07, 6.45) is 4.51. The Kier molecular flexibility index (Phi) is 8.40. The van der Waals surface area contributed by atoms with E-state index in [9.17, 15) is 9.59 Å². The fourth-order valence-electron chi connectivity index (χ4n) is 2.94. The lowest BCUT2D eigenvalue weighted by molar-refractivity contribution is -0.128. The van der Waals surface area contributed by atoms with E-state index in [1.807, 2.05) is 30.3 Å². The van der Waals surface area contributed by atoms with Crippen LogP contribution >= 0.6 is 0 Å². The first-order valence-corrected chi connectivity index (χ1v) is 10.2. The van der Waals surface area contributed by atoms with Crippen molar-refractivity contribution in [2.24, 2.45) is 5.10 Å². The Bertz CT molecular complexity index is 1160. The summed E-state index contributed by atoms with van der Waals surface area (Å²) in [5.41, 5.74) is 4.34. The highest BCUT2D eigenvalue weighted by Gasteiger charge is 2.16. The second-order valence-corrected chi connectivity index (χ2v) is 6.85. The lowest BCUT2D eigenvalue weighted by Gasteiger charge is -2.13. The molecule has 0 heterocycles. The number of benzene rings is 3. The normalized spacial score (nSPS) is 10.8. The summed E-state index contributed by atoms with van der Waals surface area (Å²) >= 11 is 0. The van der Waals surface area contributed by atoms with E-state index in [0.717, 1.165) is 5.56 Å². The highest BCUT2D eigenvalue weighted by atomic mass is 16.5. The first-order chi connectivity index (χ1) is 16.5. The number of nitrogens with one attached hydrogen (secondary N) is 1. The first-order valence-electron chi connectivity index (χ1n) is 10.2. The molecule has 8 nitrogen and oxygen atoms in total. The third-order valence-corrected chi connectivity index (χ3v) is 4.62. The number of esters is 1. The fourth-order valence-corrected chi connectivity index (χ4v) is 2.94. The van der Waals surface area contributed by atoms with Crippen LogP contribution in [0.2, 0.25) is 0 Å². The van der Waals surface area contributed by atoms with Gasteiger partial charge < -0.3 is 18.9 Å². The molecule has 0 aliphatic heterocycles. The number of methoxy groups -OCH3 is 3. The Morgan fingerprint density at radius 3 is 2.06 bits per heavy atom. The van der Waals surface area contributed by atoms with E-state index < -0.39 is 11.9 Å². The highest BCUT2D eigenvalue weighted by Crippen LogP contribution is 2.38. The molecular formula is C26H24N2O6. The van der Waals surface area contributed by atoms with Gasteiger partial charge in [-0.2, -0.15) is 5.10 Å². The van der Waals surface area contributed by atoms with Crippen molar-refractivity contribution in [1.29, 1.82) is 0 Å². The van der Waals surface area contributed by atoms with Crippen LogP contribution in [-0.2, 0) is 4.79 Å². The van der Waals surface area contributed by atoms with Crippen molar-refractivity contribution in [3.63, 3.8) is 0 Å². The third-order valence-electron chi connectivity index (χ3n) is 4.62. The molecule has 0 aliphatic carbocycles. The molecule has 0 spiro atoms. The number of hydrogen-bond acceptors (Lipinski definition) is 7. The van der Waals surface area contributed by atoms with Crippen molar-refractivity contribution >= 4 is 24.2 Å². The maximum atomic E-state index is 12.5. The Balaban J connectivity index is 1.58. The van der Waals surface area contributed by atoms with Gasteiger partial charge in [-0.15, -0.1) is 0 Å². The maximum Gasteiger partial charge on any atom is 0.336 e. The predicted octanol–water partition coefficient (Wildman–Crippen LogP) is 4.10. The van der Waals surface area contributed by atoms with Gasteiger partial charge in [0.1, 0.15) is 5.75 Å². The standard InChI is InChI=1S/C26H24N2O6/c1-31-22-15-20(16-23(32-2)25(22)33-3)26(30)28-27-17-19-9-12-21(13-10-19)34-24(29)14-11-18-7-5-4-6-8-18/h4-17H,1-3H3,(H,28,30). The highest BCUT2D eigenvalue weighted by molar-refractivity contribution is 5.96. The molecule has 0 fully saturated rings. The average molecular weight is 460 g/mol. The van der Waals surface area contributed by atoms with Crippen LogP contribution in [0.4, 0.5) is 0 Å². The molecule has 3 aromatic rings. The van der Waals surface area contributed by atoms with Crippen LogP contribution in [0.5, 0.6) is 23.0 Å². The van der Waals surface area contributed by atoms with E-state index >= 15 is 0 Å². The smallest absolute Gasteiger partial charge is 0.336 e.